The van der Waals surface area contributed by atoms with Gasteiger partial charge in [-0.05, 0) is 69.0 Å². The van der Waals surface area contributed by atoms with E-state index in [0.717, 1.165) is 16.8 Å². The Morgan fingerprint density at radius 2 is 1.55 bits per heavy atom. The Morgan fingerprint density at radius 1 is 0.980 bits per heavy atom. The number of aromatic nitrogens is 1. The zero-order valence-electron chi connectivity index (χ0n) is 29.3. The van der Waals surface area contributed by atoms with E-state index in [2.05, 4.69) is 20.8 Å². The topological polar surface area (TPSA) is 101 Å². The molecule has 0 aliphatic carbocycles. The highest BCUT2D eigenvalue weighted by molar-refractivity contribution is 7.90. The fourth-order valence-electron chi connectivity index (χ4n) is 6.58. The summed E-state index contributed by atoms with van der Waals surface area (Å²) < 4.78 is 35.4. The summed E-state index contributed by atoms with van der Waals surface area (Å²) in [5.74, 6) is 1.01. The molecule has 2 atom stereocenters. The van der Waals surface area contributed by atoms with E-state index in [1.807, 2.05) is 80.3 Å². The van der Waals surface area contributed by atoms with Gasteiger partial charge >= 0.3 is 6.03 Å². The minimum Gasteiger partial charge on any atom is -0.493 e. The average molecular weight is 730 g/mol. The van der Waals surface area contributed by atoms with E-state index in [9.17, 15) is 8.42 Å². The molecule has 0 saturated carbocycles. The van der Waals surface area contributed by atoms with Crippen molar-refractivity contribution in [3.63, 3.8) is 0 Å². The Hall–Kier alpha value is -3.18. The van der Waals surface area contributed by atoms with Crippen LogP contribution in [0.4, 0.5) is 4.79 Å². The van der Waals surface area contributed by atoms with E-state index in [4.69, 9.17) is 42.7 Å². The lowest BCUT2D eigenvalue weighted by Gasteiger charge is -2.47. The molecule has 9 nitrogen and oxygen atoms in total. The average Bonchev–Trinajstić information content (AvgIpc) is 3.28. The minimum atomic E-state index is -3.13. The predicted octanol–water partition coefficient (Wildman–Crippen LogP) is 7.62. The van der Waals surface area contributed by atoms with Crippen molar-refractivity contribution in [3.05, 3.63) is 93.2 Å². The summed E-state index contributed by atoms with van der Waals surface area (Å²) in [5.41, 5.74) is 0.911. The maximum atomic E-state index is 15.1. The standard InChI is InChI=1S/C37H46Cl2N4O5S/c1-8-47-31-23-32(35(2,3)4)40-24-30(31)33-41-36(5,25-9-13-27(38)14-10-25)37(6,26-11-15-28(39)16-12-26)43(33)34(44)42-19-17-29(18-20-42)48-21-22-49(7,45)46/h9-16,23-24,29H,8,17-22H2,1-7H3/t36-,37+/m0/s1. The molecule has 2 aliphatic heterocycles. The van der Waals surface area contributed by atoms with Crippen LogP contribution in [0.2, 0.25) is 10.0 Å². The van der Waals surface area contributed by atoms with Crippen LogP contribution in [0.25, 0.3) is 0 Å². The number of rotatable bonds is 9. The van der Waals surface area contributed by atoms with Gasteiger partial charge in [0.1, 0.15) is 32.5 Å². The first-order valence-electron chi connectivity index (χ1n) is 16.6. The van der Waals surface area contributed by atoms with Gasteiger partial charge in [-0.1, -0.05) is 68.2 Å². The molecule has 1 aromatic heterocycles. The molecule has 2 aromatic carbocycles. The van der Waals surface area contributed by atoms with Gasteiger partial charge in [0.2, 0.25) is 0 Å². The number of urea groups is 1. The molecule has 0 bridgehead atoms. The van der Waals surface area contributed by atoms with Crippen LogP contribution in [0.1, 0.15) is 76.8 Å². The number of hydrogen-bond acceptors (Lipinski definition) is 7. The largest absolute Gasteiger partial charge is 0.493 e. The van der Waals surface area contributed by atoms with Gasteiger partial charge in [0, 0.05) is 52.8 Å². The second kappa shape index (κ2) is 14.2. The van der Waals surface area contributed by atoms with Gasteiger partial charge in [0.15, 0.2) is 0 Å². The molecule has 5 rings (SSSR count). The maximum absolute atomic E-state index is 15.1. The van der Waals surface area contributed by atoms with Gasteiger partial charge in [0.25, 0.3) is 0 Å². The van der Waals surface area contributed by atoms with Gasteiger partial charge in [0.05, 0.1) is 30.6 Å². The Labute approximate surface area is 300 Å². The molecular weight excluding hydrogens is 683 g/mol. The number of ether oxygens (including phenoxy) is 2. The number of piperidine rings is 1. The van der Waals surface area contributed by atoms with Crippen LogP contribution in [0.3, 0.4) is 0 Å². The monoisotopic (exact) mass is 728 g/mol. The highest BCUT2D eigenvalue weighted by atomic mass is 35.5. The molecule has 264 valence electrons. The van der Waals surface area contributed by atoms with Crippen LogP contribution >= 0.6 is 23.2 Å². The summed E-state index contributed by atoms with van der Waals surface area (Å²) in [7, 11) is -3.13. The normalized spacial score (nSPS) is 21.9. The van der Waals surface area contributed by atoms with Crippen LogP contribution in [0, 0.1) is 0 Å². The number of carbonyl (C=O) groups excluding carboxylic acids is 1. The number of benzene rings is 2. The van der Waals surface area contributed by atoms with Crippen molar-refractivity contribution in [3.8, 4) is 5.75 Å². The zero-order chi connectivity index (χ0) is 35.8. The number of nitrogens with zero attached hydrogens (tertiary/aromatic N) is 4. The molecular formula is C37H46Cl2N4O5S. The van der Waals surface area contributed by atoms with E-state index in [1.54, 1.807) is 11.1 Å². The van der Waals surface area contributed by atoms with Crippen molar-refractivity contribution < 1.29 is 22.7 Å². The molecule has 12 heteroatoms. The fourth-order valence-corrected chi connectivity index (χ4v) is 7.23. The Morgan fingerprint density at radius 3 is 2.08 bits per heavy atom. The number of amides is 2. The van der Waals surface area contributed by atoms with Crippen molar-refractivity contribution in [2.24, 2.45) is 4.99 Å². The third-order valence-electron chi connectivity index (χ3n) is 9.64. The molecule has 1 saturated heterocycles. The third-order valence-corrected chi connectivity index (χ3v) is 11.0. The summed E-state index contributed by atoms with van der Waals surface area (Å²) >= 11 is 12.8. The lowest BCUT2D eigenvalue weighted by Crippen LogP contribution is -2.59. The smallest absolute Gasteiger partial charge is 0.326 e. The fraction of sp³-hybridized carbons (Fsp3) is 0.486. The first-order valence-corrected chi connectivity index (χ1v) is 19.4. The predicted molar refractivity (Wildman–Crippen MR) is 196 cm³/mol. The van der Waals surface area contributed by atoms with Gasteiger partial charge in [-0.2, -0.15) is 0 Å². The lowest BCUT2D eigenvalue weighted by atomic mass is 9.71. The quantitative estimate of drug-likeness (QED) is 0.225. The van der Waals surface area contributed by atoms with Crippen LogP contribution in [-0.4, -0.2) is 79.5 Å². The summed E-state index contributed by atoms with van der Waals surface area (Å²) in [6.45, 7) is 13.7. The van der Waals surface area contributed by atoms with Crippen molar-refractivity contribution >= 4 is 44.9 Å². The highest BCUT2D eigenvalue weighted by Crippen LogP contribution is 2.54. The van der Waals surface area contributed by atoms with E-state index >= 15 is 4.79 Å². The number of pyridine rings is 1. The van der Waals surface area contributed by atoms with Crippen LogP contribution in [-0.2, 0) is 31.1 Å². The SMILES string of the molecule is CCOc1cc(C(C)(C)C)ncc1C1=N[C@@](C)(c2ccc(Cl)cc2)[C@@](C)(c2ccc(Cl)cc2)N1C(=O)N1CCC(OCCS(C)(=O)=O)CC1. The molecule has 3 aromatic rings. The minimum absolute atomic E-state index is 0.0350. The van der Waals surface area contributed by atoms with E-state index < -0.39 is 20.9 Å². The first-order chi connectivity index (χ1) is 23.0. The first kappa shape index (κ1) is 37.1. The third kappa shape index (κ3) is 7.62. The number of sulfone groups is 1. The van der Waals surface area contributed by atoms with Crippen molar-refractivity contribution in [1.29, 1.82) is 0 Å². The van der Waals surface area contributed by atoms with Crippen molar-refractivity contribution in [1.82, 2.24) is 14.8 Å². The van der Waals surface area contributed by atoms with Crippen LogP contribution in [0.5, 0.6) is 5.75 Å². The zero-order valence-corrected chi connectivity index (χ0v) is 31.6. The van der Waals surface area contributed by atoms with E-state index in [0.29, 0.717) is 59.7 Å². The maximum Gasteiger partial charge on any atom is 0.326 e. The second-order valence-corrected chi connectivity index (χ2v) is 17.3. The summed E-state index contributed by atoms with van der Waals surface area (Å²) in [6, 6.07) is 16.9. The molecule has 2 amide bonds. The summed E-state index contributed by atoms with van der Waals surface area (Å²) in [5, 5.41) is 1.18. The van der Waals surface area contributed by atoms with Crippen LogP contribution in [0.15, 0.2) is 65.8 Å². The highest BCUT2D eigenvalue weighted by Gasteiger charge is 2.60. The van der Waals surface area contributed by atoms with Gasteiger partial charge in [-0.3, -0.25) is 14.9 Å². The number of amidine groups is 1. The summed E-state index contributed by atoms with van der Waals surface area (Å²) in [6.07, 6.45) is 3.98. The molecule has 0 N–H and O–H groups in total. The number of likely N-dealkylation sites (tertiary alicyclic amines) is 1. The molecule has 0 spiro atoms. The Kier molecular flexibility index (Phi) is 10.8. The lowest BCUT2D eigenvalue weighted by molar-refractivity contribution is 0.0171. The molecule has 1 fully saturated rings. The van der Waals surface area contributed by atoms with Gasteiger partial charge < -0.3 is 14.4 Å². The molecule has 3 heterocycles. The van der Waals surface area contributed by atoms with E-state index in [-0.39, 0.29) is 29.9 Å². The second-order valence-electron chi connectivity index (χ2n) is 14.1. The number of carbonyl (C=O) groups is 1. The summed E-state index contributed by atoms with van der Waals surface area (Å²) in [4.78, 5) is 29.1. The van der Waals surface area contributed by atoms with Gasteiger partial charge in [-0.15, -0.1) is 0 Å². The van der Waals surface area contributed by atoms with Crippen LogP contribution < -0.4 is 4.74 Å². The molecule has 2 aliphatic rings. The van der Waals surface area contributed by atoms with Crippen molar-refractivity contribution in [2.45, 2.75) is 77.0 Å². The Balaban J connectivity index is 1.65. The number of halogens is 2. The van der Waals surface area contributed by atoms with Gasteiger partial charge in [-0.25, -0.2) is 13.2 Å². The number of hydrogen-bond donors (Lipinski definition) is 0. The molecule has 0 radical (unpaired) electrons. The Bertz CT molecular complexity index is 1800. The number of aliphatic imine (C=N–C) groups is 1. The molecule has 49 heavy (non-hydrogen) atoms. The van der Waals surface area contributed by atoms with Crippen molar-refractivity contribution in [2.75, 3.05) is 38.3 Å². The van der Waals surface area contributed by atoms with E-state index in [1.165, 1.54) is 6.26 Å². The molecule has 0 unspecified atom stereocenters.